The van der Waals surface area contributed by atoms with E-state index in [1.54, 1.807) is 14.2 Å². The molecule has 0 radical (unpaired) electrons. The van der Waals surface area contributed by atoms with Gasteiger partial charge in [-0.05, 0) is 59.5 Å². The van der Waals surface area contributed by atoms with Crippen molar-refractivity contribution in [2.45, 2.75) is 12.8 Å². The Hall–Kier alpha value is -2.68. The van der Waals surface area contributed by atoms with Crippen molar-refractivity contribution in [1.82, 2.24) is 0 Å². The summed E-state index contributed by atoms with van der Waals surface area (Å²) in [5.41, 5.74) is 4.65. The third-order valence-electron chi connectivity index (χ3n) is 5.24. The lowest BCUT2D eigenvalue weighted by Gasteiger charge is -2.16. The molecule has 4 heteroatoms. The third-order valence-corrected chi connectivity index (χ3v) is 5.75. The van der Waals surface area contributed by atoms with E-state index in [0.29, 0.717) is 0 Å². The van der Waals surface area contributed by atoms with E-state index in [-0.39, 0.29) is 0 Å². The summed E-state index contributed by atoms with van der Waals surface area (Å²) in [6, 6.07) is 24.3. The Morgan fingerprint density at radius 1 is 0.600 bits per heavy atom. The van der Waals surface area contributed by atoms with Gasteiger partial charge in [0.15, 0.2) is 0 Å². The molecule has 30 heavy (non-hydrogen) atoms. The zero-order valence-corrected chi connectivity index (χ0v) is 18.4. The van der Waals surface area contributed by atoms with Crippen molar-refractivity contribution in [3.05, 3.63) is 105 Å². The monoisotopic (exact) mass is 436 g/mol. The molecule has 0 fully saturated rings. The second-order valence-electron chi connectivity index (χ2n) is 7.26. The molecule has 0 atom stereocenters. The minimum absolute atomic E-state index is 0.730. The van der Waals surface area contributed by atoms with Gasteiger partial charge in [0, 0.05) is 32.8 Å². The van der Waals surface area contributed by atoms with Crippen LogP contribution >= 0.6 is 23.2 Å². The lowest BCUT2D eigenvalue weighted by atomic mass is 9.96. The normalized spacial score (nSPS) is 10.9. The third kappa shape index (κ3) is 4.40. The van der Waals surface area contributed by atoms with Crippen LogP contribution in [0.15, 0.2) is 72.8 Å². The molecule has 0 saturated heterocycles. The van der Waals surface area contributed by atoms with Gasteiger partial charge in [-0.15, -0.1) is 0 Å². The first-order valence-electron chi connectivity index (χ1n) is 9.73. The zero-order chi connectivity index (χ0) is 21.1. The van der Waals surface area contributed by atoms with Gasteiger partial charge in [0.25, 0.3) is 0 Å². The van der Waals surface area contributed by atoms with Crippen LogP contribution in [-0.4, -0.2) is 14.2 Å². The van der Waals surface area contributed by atoms with E-state index in [1.165, 1.54) is 11.1 Å². The molecular weight excluding hydrogens is 415 g/mol. The Balaban J connectivity index is 1.78. The van der Waals surface area contributed by atoms with Crippen molar-refractivity contribution in [2.75, 3.05) is 14.2 Å². The highest BCUT2D eigenvalue weighted by Crippen LogP contribution is 2.38. The quantitative estimate of drug-likeness (QED) is 0.314. The Labute approximate surface area is 187 Å². The fourth-order valence-corrected chi connectivity index (χ4v) is 4.03. The van der Waals surface area contributed by atoms with Crippen molar-refractivity contribution >= 4 is 34.0 Å². The van der Waals surface area contributed by atoms with Gasteiger partial charge in [0.1, 0.15) is 11.5 Å². The van der Waals surface area contributed by atoms with Gasteiger partial charge < -0.3 is 9.47 Å². The smallest absolute Gasteiger partial charge is 0.130 e. The highest BCUT2D eigenvalue weighted by molar-refractivity contribution is 6.30. The number of hydrogen-bond acceptors (Lipinski definition) is 2. The summed E-state index contributed by atoms with van der Waals surface area (Å²) in [7, 11) is 3.42. The predicted molar refractivity (Wildman–Crippen MR) is 126 cm³/mol. The van der Waals surface area contributed by atoms with E-state index in [4.69, 9.17) is 32.7 Å². The second-order valence-corrected chi connectivity index (χ2v) is 8.13. The molecule has 0 aromatic heterocycles. The SMILES string of the molecule is COc1cc(Cc2ccc(Cl)cc2)c(OC)c2cc(Cc3ccc(Cl)cc3)ccc12. The van der Waals surface area contributed by atoms with Crippen LogP contribution in [0, 0.1) is 0 Å². The first-order chi connectivity index (χ1) is 14.6. The van der Waals surface area contributed by atoms with Crippen LogP contribution in [0.5, 0.6) is 11.5 Å². The maximum Gasteiger partial charge on any atom is 0.130 e. The van der Waals surface area contributed by atoms with Gasteiger partial charge in [-0.1, -0.05) is 59.6 Å². The zero-order valence-electron chi connectivity index (χ0n) is 16.9. The molecule has 4 aromatic carbocycles. The van der Waals surface area contributed by atoms with Crippen molar-refractivity contribution in [1.29, 1.82) is 0 Å². The number of rotatable bonds is 6. The molecule has 152 valence electrons. The molecule has 0 amide bonds. The van der Waals surface area contributed by atoms with Crippen molar-refractivity contribution in [3.8, 4) is 11.5 Å². The fourth-order valence-electron chi connectivity index (χ4n) is 3.78. The first-order valence-corrected chi connectivity index (χ1v) is 10.5. The fraction of sp³-hybridized carbons (Fsp3) is 0.154. The predicted octanol–water partition coefficient (Wildman–Crippen LogP) is 7.35. The molecule has 0 aliphatic rings. The molecule has 0 aliphatic heterocycles. The second kappa shape index (κ2) is 8.99. The molecule has 4 aromatic rings. The van der Waals surface area contributed by atoms with Gasteiger partial charge in [0.2, 0.25) is 0 Å². The summed E-state index contributed by atoms with van der Waals surface area (Å²) in [4.78, 5) is 0. The molecule has 0 spiro atoms. The standard InChI is InChI=1S/C26H22Cl2O2/c1-29-25-16-20(14-18-5-10-22(28)11-6-18)26(30-2)24-15-19(7-12-23(24)25)13-17-3-8-21(27)9-4-17/h3-12,15-16H,13-14H2,1-2H3. The molecule has 2 nitrogen and oxygen atoms in total. The van der Waals surface area contributed by atoms with Gasteiger partial charge in [-0.2, -0.15) is 0 Å². The van der Waals surface area contributed by atoms with Crippen molar-refractivity contribution in [3.63, 3.8) is 0 Å². The maximum atomic E-state index is 6.04. The lowest BCUT2D eigenvalue weighted by Crippen LogP contribution is -1.98. The van der Waals surface area contributed by atoms with E-state index in [1.807, 2.05) is 36.4 Å². The first kappa shape index (κ1) is 20.6. The molecule has 0 unspecified atom stereocenters. The number of fused-ring (bicyclic) bond motifs is 1. The Morgan fingerprint density at radius 3 is 1.73 bits per heavy atom. The number of methoxy groups -OCH3 is 2. The average molecular weight is 437 g/mol. The van der Waals surface area contributed by atoms with E-state index >= 15 is 0 Å². The Morgan fingerprint density at radius 2 is 1.17 bits per heavy atom. The summed E-state index contributed by atoms with van der Waals surface area (Å²) >= 11 is 12.1. The minimum atomic E-state index is 0.730. The summed E-state index contributed by atoms with van der Waals surface area (Å²) in [6.07, 6.45) is 1.55. The van der Waals surface area contributed by atoms with Gasteiger partial charge >= 0.3 is 0 Å². The number of ether oxygens (including phenoxy) is 2. The number of halogens is 2. The molecule has 0 heterocycles. The average Bonchev–Trinajstić information content (AvgIpc) is 2.76. The largest absolute Gasteiger partial charge is 0.496 e. The molecular formula is C26H22Cl2O2. The van der Waals surface area contributed by atoms with E-state index in [0.717, 1.165) is 56.3 Å². The topological polar surface area (TPSA) is 18.5 Å². The molecule has 4 rings (SSSR count). The molecule has 0 aliphatic carbocycles. The van der Waals surface area contributed by atoms with Crippen LogP contribution in [-0.2, 0) is 12.8 Å². The van der Waals surface area contributed by atoms with Crippen LogP contribution in [0.4, 0.5) is 0 Å². The van der Waals surface area contributed by atoms with E-state index in [2.05, 4.69) is 36.4 Å². The highest BCUT2D eigenvalue weighted by Gasteiger charge is 2.15. The van der Waals surface area contributed by atoms with Crippen LogP contribution in [0.25, 0.3) is 10.8 Å². The van der Waals surface area contributed by atoms with Gasteiger partial charge in [-0.3, -0.25) is 0 Å². The van der Waals surface area contributed by atoms with Crippen LogP contribution in [0.3, 0.4) is 0 Å². The Bertz CT molecular complexity index is 1170. The van der Waals surface area contributed by atoms with Crippen molar-refractivity contribution < 1.29 is 9.47 Å². The Kier molecular flexibility index (Phi) is 6.17. The van der Waals surface area contributed by atoms with E-state index in [9.17, 15) is 0 Å². The summed E-state index contributed by atoms with van der Waals surface area (Å²) < 4.78 is 11.6. The van der Waals surface area contributed by atoms with Crippen molar-refractivity contribution in [2.24, 2.45) is 0 Å². The number of benzene rings is 4. The lowest BCUT2D eigenvalue weighted by molar-refractivity contribution is 0.407. The molecule has 0 N–H and O–H groups in total. The minimum Gasteiger partial charge on any atom is -0.496 e. The number of hydrogen-bond donors (Lipinski definition) is 0. The highest BCUT2D eigenvalue weighted by atomic mass is 35.5. The molecule has 0 bridgehead atoms. The maximum absolute atomic E-state index is 6.04. The summed E-state index contributed by atoms with van der Waals surface area (Å²) in [5.74, 6) is 1.71. The van der Waals surface area contributed by atoms with Gasteiger partial charge in [0.05, 0.1) is 14.2 Å². The summed E-state index contributed by atoms with van der Waals surface area (Å²) in [5, 5.41) is 3.56. The van der Waals surface area contributed by atoms with Crippen LogP contribution in [0.2, 0.25) is 10.0 Å². The van der Waals surface area contributed by atoms with Crippen LogP contribution < -0.4 is 9.47 Å². The van der Waals surface area contributed by atoms with Gasteiger partial charge in [-0.25, -0.2) is 0 Å². The van der Waals surface area contributed by atoms with E-state index < -0.39 is 0 Å². The summed E-state index contributed by atoms with van der Waals surface area (Å²) in [6.45, 7) is 0. The van der Waals surface area contributed by atoms with Crippen LogP contribution in [0.1, 0.15) is 22.3 Å². The molecule has 0 saturated carbocycles.